The van der Waals surface area contributed by atoms with Gasteiger partial charge in [-0.3, -0.25) is 14.2 Å². The number of halogens is 2. The lowest BCUT2D eigenvalue weighted by atomic mass is 10.1. The summed E-state index contributed by atoms with van der Waals surface area (Å²) in [5.41, 5.74) is 2.02. The van der Waals surface area contributed by atoms with E-state index in [9.17, 15) is 14.0 Å². The fourth-order valence-electron chi connectivity index (χ4n) is 5.37. The molecule has 1 amide bonds. The summed E-state index contributed by atoms with van der Waals surface area (Å²) in [6, 6.07) is 16.1. The van der Waals surface area contributed by atoms with Gasteiger partial charge in [-0.25, -0.2) is 13.8 Å². The summed E-state index contributed by atoms with van der Waals surface area (Å²) in [4.78, 5) is 35.3. The average Bonchev–Trinajstić information content (AvgIpc) is 3.29. The van der Waals surface area contributed by atoms with Crippen LogP contribution in [-0.2, 0) is 0 Å². The van der Waals surface area contributed by atoms with Gasteiger partial charge in [0, 0.05) is 68.4 Å². The van der Waals surface area contributed by atoms with Crippen molar-refractivity contribution in [2.75, 3.05) is 43.4 Å². The molecule has 48 heavy (non-hydrogen) atoms. The Balaban J connectivity index is 1.15. The molecule has 10 nitrogen and oxygen atoms in total. The summed E-state index contributed by atoms with van der Waals surface area (Å²) in [6.07, 6.45) is 9.98. The Kier molecular flexibility index (Phi) is 9.53. The number of carbonyl (C=O) groups excluding carboxylic acids is 1. The molecule has 1 fully saturated rings. The summed E-state index contributed by atoms with van der Waals surface area (Å²) in [5.74, 6) is -0.795. The minimum Gasteiger partial charge on any atom is -0.452 e. The second kappa shape index (κ2) is 14.3. The van der Waals surface area contributed by atoms with E-state index in [1.54, 1.807) is 6.08 Å². The lowest BCUT2D eigenvalue weighted by Crippen LogP contribution is -2.44. The molecular formula is C36H33F2N7O3. The van der Waals surface area contributed by atoms with E-state index in [1.807, 2.05) is 24.5 Å². The fourth-order valence-corrected chi connectivity index (χ4v) is 5.37. The van der Waals surface area contributed by atoms with Crippen molar-refractivity contribution in [3.63, 3.8) is 0 Å². The van der Waals surface area contributed by atoms with Gasteiger partial charge in [0.15, 0.2) is 11.6 Å². The normalized spacial score (nSPS) is 16.0. The first kappa shape index (κ1) is 32.1. The topological polar surface area (TPSA) is 116 Å². The first-order valence-corrected chi connectivity index (χ1v) is 15.3. The number of benzene rings is 2. The molecular weight excluding hydrogens is 616 g/mol. The van der Waals surface area contributed by atoms with Crippen LogP contribution >= 0.6 is 0 Å². The number of anilines is 2. The molecule has 0 bridgehead atoms. The number of rotatable bonds is 8. The van der Waals surface area contributed by atoms with E-state index in [0.717, 1.165) is 55.4 Å². The minimum absolute atomic E-state index is 0.100. The third-order valence-electron chi connectivity index (χ3n) is 8.08. The van der Waals surface area contributed by atoms with Gasteiger partial charge in [-0.2, -0.15) is 0 Å². The lowest BCUT2D eigenvalue weighted by Gasteiger charge is -2.33. The standard InChI is InChI=1S/C36H33F2N7O3/c1-43-17-19-44(20-18-43)34-13-5-25(23-41-34)24-4-11-33(31(14-15-39)40-22-24)48-32-12-8-27(21-30(32)38)42-35(46)29-3-2-16-45(36(29)47)28-9-6-26(37)7-10-28/h2-3,5-16,21-23,39-40H,4,17-20H2,1H3,(H,42,46)/b31-14-,39-15?. The summed E-state index contributed by atoms with van der Waals surface area (Å²) in [5, 5.41) is 13.3. The smallest absolute Gasteiger partial charge is 0.267 e. The van der Waals surface area contributed by atoms with Crippen LogP contribution in [0.1, 0.15) is 22.3 Å². The van der Waals surface area contributed by atoms with Crippen LogP contribution in [0.4, 0.5) is 20.3 Å². The highest BCUT2D eigenvalue weighted by Crippen LogP contribution is 2.29. The monoisotopic (exact) mass is 649 g/mol. The van der Waals surface area contributed by atoms with Crippen LogP contribution < -0.4 is 25.8 Å². The molecule has 0 saturated carbocycles. The van der Waals surface area contributed by atoms with Gasteiger partial charge in [-0.1, -0.05) is 0 Å². The van der Waals surface area contributed by atoms with Gasteiger partial charge in [0.25, 0.3) is 11.5 Å². The molecule has 2 aliphatic heterocycles. The number of allylic oxidation sites excluding steroid dienone is 3. The second-order valence-corrected chi connectivity index (χ2v) is 11.3. The molecule has 3 N–H and O–H groups in total. The molecule has 6 rings (SSSR count). The first-order chi connectivity index (χ1) is 23.3. The largest absolute Gasteiger partial charge is 0.452 e. The van der Waals surface area contributed by atoms with Crippen LogP contribution in [0, 0.1) is 17.0 Å². The van der Waals surface area contributed by atoms with E-state index in [1.165, 1.54) is 65.4 Å². The second-order valence-electron chi connectivity index (χ2n) is 11.3. The van der Waals surface area contributed by atoms with Crippen LogP contribution in [0.15, 0.2) is 114 Å². The maximum atomic E-state index is 15.3. The molecule has 12 heteroatoms. The summed E-state index contributed by atoms with van der Waals surface area (Å²) in [7, 11) is 2.11. The third kappa shape index (κ3) is 7.24. The number of amides is 1. The number of nitrogens with zero attached hydrogens (tertiary/aromatic N) is 4. The van der Waals surface area contributed by atoms with Crippen molar-refractivity contribution in [1.29, 1.82) is 5.41 Å². The molecule has 0 spiro atoms. The molecule has 0 aliphatic carbocycles. The van der Waals surface area contributed by atoms with E-state index in [0.29, 0.717) is 23.6 Å². The van der Waals surface area contributed by atoms with E-state index in [4.69, 9.17) is 10.1 Å². The van der Waals surface area contributed by atoms with Gasteiger partial charge in [-0.15, -0.1) is 0 Å². The molecule has 0 unspecified atom stereocenters. The van der Waals surface area contributed by atoms with Crippen LogP contribution in [0.2, 0.25) is 0 Å². The summed E-state index contributed by atoms with van der Waals surface area (Å²) >= 11 is 0. The predicted octanol–water partition coefficient (Wildman–Crippen LogP) is 5.35. The van der Waals surface area contributed by atoms with Crippen LogP contribution in [0.25, 0.3) is 11.3 Å². The number of nitrogens with one attached hydrogen (secondary N) is 3. The van der Waals surface area contributed by atoms with Gasteiger partial charge in [0.05, 0.1) is 5.70 Å². The lowest BCUT2D eigenvalue weighted by molar-refractivity contribution is 0.102. The number of aromatic nitrogens is 2. The van der Waals surface area contributed by atoms with E-state index < -0.39 is 23.1 Å². The highest BCUT2D eigenvalue weighted by atomic mass is 19.1. The minimum atomic E-state index is -0.749. The van der Waals surface area contributed by atoms with Crippen LogP contribution in [-0.4, -0.2) is 59.8 Å². The number of likely N-dealkylation sites (N-methyl/N-ethyl adjacent to an activating group) is 1. The number of ether oxygens (including phenoxy) is 1. The molecule has 4 aromatic rings. The van der Waals surface area contributed by atoms with Gasteiger partial charge in [0.2, 0.25) is 0 Å². The molecule has 244 valence electrons. The van der Waals surface area contributed by atoms with Crippen LogP contribution in [0.3, 0.4) is 0 Å². The molecule has 2 aliphatic rings. The van der Waals surface area contributed by atoms with Gasteiger partial charge in [0.1, 0.15) is 23.0 Å². The predicted molar refractivity (Wildman–Crippen MR) is 182 cm³/mol. The number of hydrogen-bond donors (Lipinski definition) is 3. The molecule has 1 saturated heterocycles. The Bertz CT molecular complexity index is 1980. The highest BCUT2D eigenvalue weighted by Gasteiger charge is 2.19. The number of pyridine rings is 2. The Labute approximate surface area is 275 Å². The van der Waals surface area contributed by atoms with Crippen molar-refractivity contribution in [2.24, 2.45) is 0 Å². The van der Waals surface area contributed by atoms with Crippen LogP contribution in [0.5, 0.6) is 5.75 Å². The maximum absolute atomic E-state index is 15.3. The molecule has 0 radical (unpaired) electrons. The number of piperazine rings is 1. The zero-order valence-electron chi connectivity index (χ0n) is 26.1. The van der Waals surface area contributed by atoms with Gasteiger partial charge < -0.3 is 30.6 Å². The fraction of sp³-hybridized carbons (Fsp3) is 0.167. The van der Waals surface area contributed by atoms with E-state index in [2.05, 4.69) is 32.5 Å². The van der Waals surface area contributed by atoms with Crippen molar-refractivity contribution >= 4 is 29.2 Å². The zero-order chi connectivity index (χ0) is 33.6. The first-order valence-electron chi connectivity index (χ1n) is 15.3. The third-order valence-corrected chi connectivity index (χ3v) is 8.08. The Morgan fingerprint density at radius 1 is 1.04 bits per heavy atom. The maximum Gasteiger partial charge on any atom is 0.267 e. The molecule has 0 atom stereocenters. The molecule has 4 heterocycles. The highest BCUT2D eigenvalue weighted by molar-refractivity contribution is 6.04. The van der Waals surface area contributed by atoms with Crippen molar-refractivity contribution in [3.05, 3.63) is 142 Å². The SMILES string of the molecule is CN1CCN(c2ccc(C3=CN/C(=C\C=N)C(Oc4ccc(NC(=O)c5cccn(-c6ccc(F)cc6)c5=O)cc4F)=CC3)cn2)CC1. The van der Waals surface area contributed by atoms with Gasteiger partial charge >= 0.3 is 0 Å². The van der Waals surface area contributed by atoms with Crippen molar-refractivity contribution in [1.82, 2.24) is 19.8 Å². The van der Waals surface area contributed by atoms with Crippen molar-refractivity contribution < 1.29 is 18.3 Å². The van der Waals surface area contributed by atoms with Crippen molar-refractivity contribution in [3.8, 4) is 11.4 Å². The van der Waals surface area contributed by atoms with Crippen molar-refractivity contribution in [2.45, 2.75) is 6.42 Å². The Hall–Kier alpha value is -5.88. The number of carbonyl (C=O) groups is 1. The Morgan fingerprint density at radius 2 is 1.83 bits per heavy atom. The average molecular weight is 650 g/mol. The number of hydrogen-bond acceptors (Lipinski definition) is 8. The van der Waals surface area contributed by atoms with Gasteiger partial charge in [-0.05, 0) is 97.4 Å². The molecule has 2 aromatic carbocycles. The Morgan fingerprint density at radius 3 is 2.54 bits per heavy atom. The van der Waals surface area contributed by atoms with E-state index in [-0.39, 0.29) is 17.0 Å². The quantitative estimate of drug-likeness (QED) is 0.221. The zero-order valence-corrected chi connectivity index (χ0v) is 26.1. The summed E-state index contributed by atoms with van der Waals surface area (Å²) in [6.45, 7) is 3.82. The molecule has 2 aromatic heterocycles. The summed E-state index contributed by atoms with van der Waals surface area (Å²) < 4.78 is 35.8. The van der Waals surface area contributed by atoms with E-state index >= 15 is 4.39 Å².